The molecule has 1 amide bonds. The SMILES string of the molecule is COCCCC(=O)NS(=O)(=O)c1ccc(C)cc1C. The molecule has 1 N–H and O–H groups in total. The molecule has 0 atom stereocenters. The zero-order valence-corrected chi connectivity index (χ0v) is 12.2. The third-order valence-electron chi connectivity index (χ3n) is 2.62. The number of hydrogen-bond donors (Lipinski definition) is 1. The van der Waals surface area contributed by atoms with Crippen molar-refractivity contribution < 1.29 is 17.9 Å². The molecule has 0 radical (unpaired) electrons. The lowest BCUT2D eigenvalue weighted by Gasteiger charge is -2.09. The lowest BCUT2D eigenvalue weighted by molar-refractivity contribution is -0.119. The van der Waals surface area contributed by atoms with Crippen molar-refractivity contribution in [2.75, 3.05) is 13.7 Å². The standard InChI is InChI=1S/C13H19NO4S/c1-10-6-7-12(11(2)9-10)19(16,17)14-13(15)5-4-8-18-3/h6-7,9H,4-5,8H2,1-3H3,(H,14,15). The summed E-state index contributed by atoms with van der Waals surface area (Å²) in [5.41, 5.74) is 1.60. The Hall–Kier alpha value is -1.40. The van der Waals surface area contributed by atoms with Crippen LogP contribution in [0, 0.1) is 13.8 Å². The minimum atomic E-state index is -3.78. The van der Waals surface area contributed by atoms with E-state index < -0.39 is 15.9 Å². The summed E-state index contributed by atoms with van der Waals surface area (Å²) in [5.74, 6) is -0.517. The Morgan fingerprint density at radius 3 is 2.58 bits per heavy atom. The van der Waals surface area contributed by atoms with E-state index in [9.17, 15) is 13.2 Å². The van der Waals surface area contributed by atoms with Crippen LogP contribution in [0.25, 0.3) is 0 Å². The molecule has 0 saturated heterocycles. The van der Waals surface area contributed by atoms with Crippen molar-refractivity contribution in [3.05, 3.63) is 29.3 Å². The summed E-state index contributed by atoms with van der Waals surface area (Å²) in [7, 11) is -2.25. The molecule has 0 aliphatic carbocycles. The van der Waals surface area contributed by atoms with Crippen molar-refractivity contribution in [3.63, 3.8) is 0 Å². The number of benzene rings is 1. The molecule has 0 fully saturated rings. The van der Waals surface area contributed by atoms with Crippen LogP contribution in [0.15, 0.2) is 23.1 Å². The fourth-order valence-corrected chi connectivity index (χ4v) is 2.98. The number of amides is 1. The number of rotatable bonds is 6. The molecule has 0 aromatic heterocycles. The van der Waals surface area contributed by atoms with Gasteiger partial charge in [0.05, 0.1) is 4.90 Å². The van der Waals surface area contributed by atoms with Crippen LogP contribution in [-0.4, -0.2) is 28.0 Å². The molecule has 0 unspecified atom stereocenters. The lowest BCUT2D eigenvalue weighted by Crippen LogP contribution is -2.31. The van der Waals surface area contributed by atoms with Gasteiger partial charge in [-0.2, -0.15) is 0 Å². The lowest BCUT2D eigenvalue weighted by atomic mass is 10.2. The van der Waals surface area contributed by atoms with Crippen LogP contribution >= 0.6 is 0 Å². The second kappa shape index (κ2) is 6.68. The van der Waals surface area contributed by atoms with Crippen LogP contribution < -0.4 is 4.72 Å². The fourth-order valence-electron chi connectivity index (χ4n) is 1.73. The highest BCUT2D eigenvalue weighted by atomic mass is 32.2. The molecule has 6 heteroatoms. The van der Waals surface area contributed by atoms with Crippen molar-refractivity contribution >= 4 is 15.9 Å². The van der Waals surface area contributed by atoms with E-state index in [-0.39, 0.29) is 11.3 Å². The molecule has 1 rings (SSSR count). The zero-order chi connectivity index (χ0) is 14.5. The number of hydrogen-bond acceptors (Lipinski definition) is 4. The van der Waals surface area contributed by atoms with Gasteiger partial charge >= 0.3 is 0 Å². The van der Waals surface area contributed by atoms with E-state index in [1.807, 2.05) is 6.92 Å². The molecule has 0 heterocycles. The van der Waals surface area contributed by atoms with Crippen molar-refractivity contribution in [1.82, 2.24) is 4.72 Å². The molecule has 1 aromatic carbocycles. The zero-order valence-electron chi connectivity index (χ0n) is 11.4. The summed E-state index contributed by atoms with van der Waals surface area (Å²) in [6.45, 7) is 4.01. The van der Waals surface area contributed by atoms with Crippen molar-refractivity contribution in [1.29, 1.82) is 0 Å². The van der Waals surface area contributed by atoms with Crippen LogP contribution in [0.3, 0.4) is 0 Å². The van der Waals surface area contributed by atoms with Crippen LogP contribution in [0.4, 0.5) is 0 Å². The van der Waals surface area contributed by atoms with Crippen LogP contribution in [0.1, 0.15) is 24.0 Å². The average Bonchev–Trinajstić information content (AvgIpc) is 2.27. The number of carbonyl (C=O) groups excluding carboxylic acids is 1. The van der Waals surface area contributed by atoms with Crippen molar-refractivity contribution in [2.24, 2.45) is 0 Å². The minimum absolute atomic E-state index is 0.123. The Kier molecular flexibility index (Phi) is 5.50. The molecular weight excluding hydrogens is 266 g/mol. The maximum Gasteiger partial charge on any atom is 0.264 e. The minimum Gasteiger partial charge on any atom is -0.385 e. The molecule has 0 saturated carbocycles. The molecule has 106 valence electrons. The molecule has 0 bridgehead atoms. The number of ether oxygens (including phenoxy) is 1. The molecule has 1 aromatic rings. The summed E-state index contributed by atoms with van der Waals surface area (Å²) in [4.78, 5) is 11.7. The van der Waals surface area contributed by atoms with Gasteiger partial charge in [-0.3, -0.25) is 4.79 Å². The first-order valence-electron chi connectivity index (χ1n) is 5.98. The Morgan fingerprint density at radius 2 is 2.00 bits per heavy atom. The summed E-state index contributed by atoms with van der Waals surface area (Å²) in [6.07, 6.45) is 0.614. The third-order valence-corrected chi connectivity index (χ3v) is 4.15. The first-order chi connectivity index (χ1) is 8.86. The first-order valence-corrected chi connectivity index (χ1v) is 7.47. The Bertz CT molecular complexity index is 552. The van der Waals surface area contributed by atoms with Gasteiger partial charge in [0.1, 0.15) is 0 Å². The normalized spacial score (nSPS) is 11.3. The number of carbonyl (C=O) groups is 1. The van der Waals surface area contributed by atoms with Crippen molar-refractivity contribution in [2.45, 2.75) is 31.6 Å². The number of nitrogens with one attached hydrogen (secondary N) is 1. The van der Waals surface area contributed by atoms with Gasteiger partial charge in [0.25, 0.3) is 10.0 Å². The van der Waals surface area contributed by atoms with E-state index in [0.29, 0.717) is 18.6 Å². The summed E-state index contributed by atoms with van der Waals surface area (Å²) >= 11 is 0. The topological polar surface area (TPSA) is 72.5 Å². The second-order valence-corrected chi connectivity index (χ2v) is 6.04. The Balaban J connectivity index is 2.78. The van der Waals surface area contributed by atoms with Crippen molar-refractivity contribution in [3.8, 4) is 0 Å². The highest BCUT2D eigenvalue weighted by Gasteiger charge is 2.19. The van der Waals surface area contributed by atoms with E-state index in [1.165, 1.54) is 13.2 Å². The van der Waals surface area contributed by atoms with Gasteiger partial charge in [0, 0.05) is 20.1 Å². The fraction of sp³-hybridized carbons (Fsp3) is 0.462. The highest BCUT2D eigenvalue weighted by Crippen LogP contribution is 2.16. The van der Waals surface area contributed by atoms with Crippen LogP contribution in [-0.2, 0) is 19.6 Å². The van der Waals surface area contributed by atoms with Gasteiger partial charge < -0.3 is 4.74 Å². The van der Waals surface area contributed by atoms with E-state index in [1.54, 1.807) is 19.1 Å². The maximum absolute atomic E-state index is 12.0. The predicted octanol–water partition coefficient (Wildman–Crippen LogP) is 1.53. The van der Waals surface area contributed by atoms with Crippen LogP contribution in [0.2, 0.25) is 0 Å². The predicted molar refractivity (Wildman–Crippen MR) is 72.4 cm³/mol. The van der Waals surface area contributed by atoms with E-state index in [4.69, 9.17) is 4.74 Å². The molecule has 19 heavy (non-hydrogen) atoms. The van der Waals surface area contributed by atoms with Gasteiger partial charge in [0.15, 0.2) is 0 Å². The van der Waals surface area contributed by atoms with Gasteiger partial charge in [-0.15, -0.1) is 0 Å². The Labute approximate surface area is 114 Å². The molecule has 5 nitrogen and oxygen atoms in total. The summed E-state index contributed by atoms with van der Waals surface area (Å²) < 4.78 is 31.0. The quantitative estimate of drug-likeness (QED) is 0.805. The molecule has 0 spiro atoms. The molecule has 0 aliphatic rings. The third kappa shape index (κ3) is 4.65. The maximum atomic E-state index is 12.0. The number of sulfonamides is 1. The number of aryl methyl sites for hydroxylation is 2. The summed E-state index contributed by atoms with van der Waals surface area (Å²) in [6, 6.07) is 4.98. The Morgan fingerprint density at radius 1 is 1.32 bits per heavy atom. The average molecular weight is 285 g/mol. The van der Waals surface area contributed by atoms with E-state index >= 15 is 0 Å². The molecule has 0 aliphatic heterocycles. The first kappa shape index (κ1) is 15.7. The second-order valence-electron chi connectivity index (χ2n) is 4.39. The number of methoxy groups -OCH3 is 1. The van der Waals surface area contributed by atoms with Gasteiger partial charge in [-0.1, -0.05) is 17.7 Å². The van der Waals surface area contributed by atoms with Crippen LogP contribution in [0.5, 0.6) is 0 Å². The van der Waals surface area contributed by atoms with Gasteiger partial charge in [0.2, 0.25) is 5.91 Å². The smallest absolute Gasteiger partial charge is 0.264 e. The highest BCUT2D eigenvalue weighted by molar-refractivity contribution is 7.90. The molecular formula is C13H19NO4S. The van der Waals surface area contributed by atoms with Gasteiger partial charge in [-0.25, -0.2) is 13.1 Å². The van der Waals surface area contributed by atoms with E-state index in [2.05, 4.69) is 4.72 Å². The monoisotopic (exact) mass is 285 g/mol. The van der Waals surface area contributed by atoms with Gasteiger partial charge in [-0.05, 0) is 31.9 Å². The summed E-state index contributed by atoms with van der Waals surface area (Å²) in [5, 5.41) is 0. The largest absolute Gasteiger partial charge is 0.385 e. The van der Waals surface area contributed by atoms with E-state index in [0.717, 1.165) is 5.56 Å².